The van der Waals surface area contributed by atoms with Crippen molar-refractivity contribution in [3.8, 4) is 0 Å². The molecule has 2 aromatic carbocycles. The number of anilines is 3. The molecule has 5 heteroatoms. The molecule has 0 aliphatic heterocycles. The van der Waals surface area contributed by atoms with Crippen LogP contribution in [0.3, 0.4) is 0 Å². The Balaban J connectivity index is 2.45. The minimum absolute atomic E-state index is 0.696. The third kappa shape index (κ3) is 2.84. The van der Waals surface area contributed by atoms with Crippen molar-refractivity contribution in [2.24, 2.45) is 0 Å². The molecule has 17 heavy (non-hydrogen) atoms. The SMILES string of the molecule is Nc1cccc(Br)c1Nc1c(Br)cccc1Br. The topological polar surface area (TPSA) is 38.0 Å². The molecule has 0 aliphatic carbocycles. The minimum Gasteiger partial charge on any atom is -0.397 e. The van der Waals surface area contributed by atoms with E-state index in [1.807, 2.05) is 36.4 Å². The number of hydrogen-bond donors (Lipinski definition) is 2. The average Bonchev–Trinajstić information content (AvgIpc) is 2.27. The van der Waals surface area contributed by atoms with Gasteiger partial charge in [0.15, 0.2) is 0 Å². The van der Waals surface area contributed by atoms with E-state index in [9.17, 15) is 0 Å². The maximum atomic E-state index is 5.95. The fourth-order valence-corrected chi connectivity index (χ4v) is 3.09. The lowest BCUT2D eigenvalue weighted by Gasteiger charge is -2.14. The summed E-state index contributed by atoms with van der Waals surface area (Å²) in [7, 11) is 0. The highest BCUT2D eigenvalue weighted by atomic mass is 79.9. The Kier molecular flexibility index (Phi) is 4.12. The summed E-state index contributed by atoms with van der Waals surface area (Å²) >= 11 is 10.5. The van der Waals surface area contributed by atoms with Gasteiger partial charge in [0.25, 0.3) is 0 Å². The Hall–Kier alpha value is -0.520. The second kappa shape index (κ2) is 5.42. The van der Waals surface area contributed by atoms with E-state index >= 15 is 0 Å². The standard InChI is InChI=1S/C12H9Br3N2/c13-7-3-1-4-8(14)11(7)17-12-9(15)5-2-6-10(12)16/h1-6,17H,16H2. The molecule has 0 heterocycles. The van der Waals surface area contributed by atoms with Gasteiger partial charge < -0.3 is 11.1 Å². The van der Waals surface area contributed by atoms with Gasteiger partial charge in [0.2, 0.25) is 0 Å². The molecule has 3 N–H and O–H groups in total. The summed E-state index contributed by atoms with van der Waals surface area (Å²) in [6, 6.07) is 11.6. The molecule has 0 bridgehead atoms. The lowest BCUT2D eigenvalue weighted by molar-refractivity contribution is 1.48. The van der Waals surface area contributed by atoms with E-state index in [-0.39, 0.29) is 0 Å². The van der Waals surface area contributed by atoms with Crippen molar-refractivity contribution in [3.05, 3.63) is 49.8 Å². The molecule has 0 amide bonds. The summed E-state index contributed by atoms with van der Waals surface area (Å²) in [5.74, 6) is 0. The summed E-state index contributed by atoms with van der Waals surface area (Å²) in [4.78, 5) is 0. The monoisotopic (exact) mass is 418 g/mol. The first kappa shape index (κ1) is 12.9. The summed E-state index contributed by atoms with van der Waals surface area (Å²) < 4.78 is 2.88. The van der Waals surface area contributed by atoms with E-state index in [1.54, 1.807) is 0 Å². The first-order valence-corrected chi connectivity index (χ1v) is 7.22. The lowest BCUT2D eigenvalue weighted by atomic mass is 10.2. The van der Waals surface area contributed by atoms with Gasteiger partial charge >= 0.3 is 0 Å². The van der Waals surface area contributed by atoms with E-state index in [2.05, 4.69) is 53.1 Å². The van der Waals surface area contributed by atoms with Crippen LogP contribution in [0.1, 0.15) is 0 Å². The van der Waals surface area contributed by atoms with Crippen LogP contribution in [-0.2, 0) is 0 Å². The zero-order chi connectivity index (χ0) is 12.4. The average molecular weight is 421 g/mol. The molecule has 0 unspecified atom stereocenters. The fraction of sp³-hybridized carbons (Fsp3) is 0. The highest BCUT2D eigenvalue weighted by molar-refractivity contribution is 9.11. The van der Waals surface area contributed by atoms with Gasteiger partial charge in [-0.2, -0.15) is 0 Å². The van der Waals surface area contributed by atoms with E-state index < -0.39 is 0 Å². The molecular formula is C12H9Br3N2. The fourth-order valence-electron chi connectivity index (χ4n) is 1.41. The summed E-state index contributed by atoms with van der Waals surface area (Å²) in [5, 5.41) is 3.31. The van der Waals surface area contributed by atoms with Gasteiger partial charge in [0.1, 0.15) is 0 Å². The summed E-state index contributed by atoms with van der Waals surface area (Å²) in [6.45, 7) is 0. The van der Waals surface area contributed by atoms with E-state index in [4.69, 9.17) is 5.73 Å². The van der Waals surface area contributed by atoms with Crippen LogP contribution in [0.15, 0.2) is 49.8 Å². The zero-order valence-electron chi connectivity index (χ0n) is 8.68. The third-order valence-corrected chi connectivity index (χ3v) is 4.24. The number of halogens is 3. The van der Waals surface area contributed by atoms with Crippen molar-refractivity contribution < 1.29 is 0 Å². The molecule has 2 rings (SSSR count). The van der Waals surface area contributed by atoms with Crippen molar-refractivity contribution in [1.82, 2.24) is 0 Å². The molecule has 88 valence electrons. The number of hydrogen-bond acceptors (Lipinski definition) is 2. The molecule has 0 aliphatic rings. The minimum atomic E-state index is 0.696. The molecular weight excluding hydrogens is 412 g/mol. The second-order valence-corrected chi connectivity index (χ2v) is 5.99. The highest BCUT2D eigenvalue weighted by Crippen LogP contribution is 2.37. The van der Waals surface area contributed by atoms with Crippen molar-refractivity contribution in [2.75, 3.05) is 11.1 Å². The van der Waals surface area contributed by atoms with Crippen LogP contribution in [0.2, 0.25) is 0 Å². The number of nitrogens with one attached hydrogen (secondary N) is 1. The first-order chi connectivity index (χ1) is 8.09. The van der Waals surface area contributed by atoms with Crippen LogP contribution in [-0.4, -0.2) is 0 Å². The van der Waals surface area contributed by atoms with Crippen LogP contribution in [0.25, 0.3) is 0 Å². The number of nitrogen functional groups attached to an aromatic ring is 1. The van der Waals surface area contributed by atoms with Crippen LogP contribution in [0.5, 0.6) is 0 Å². The van der Waals surface area contributed by atoms with E-state index in [0.717, 1.165) is 24.8 Å². The quantitative estimate of drug-likeness (QED) is 0.647. The Morgan fingerprint density at radius 3 is 1.76 bits per heavy atom. The Bertz CT molecular complexity index is 465. The molecule has 0 aromatic heterocycles. The van der Waals surface area contributed by atoms with E-state index in [1.165, 1.54) is 0 Å². The van der Waals surface area contributed by atoms with Crippen LogP contribution in [0.4, 0.5) is 17.1 Å². The third-order valence-electron chi connectivity index (χ3n) is 2.26. The predicted octanol–water partition coefficient (Wildman–Crippen LogP) is 5.30. The highest BCUT2D eigenvalue weighted by Gasteiger charge is 2.09. The van der Waals surface area contributed by atoms with Gasteiger partial charge in [0, 0.05) is 13.4 Å². The molecule has 0 atom stereocenters. The van der Waals surface area contributed by atoms with Crippen LogP contribution in [0, 0.1) is 0 Å². The normalized spacial score (nSPS) is 10.3. The lowest BCUT2D eigenvalue weighted by Crippen LogP contribution is -1.98. The van der Waals surface area contributed by atoms with Crippen molar-refractivity contribution in [3.63, 3.8) is 0 Å². The van der Waals surface area contributed by atoms with Crippen LogP contribution < -0.4 is 11.1 Å². The van der Waals surface area contributed by atoms with Gasteiger partial charge in [-0.3, -0.25) is 0 Å². The van der Waals surface area contributed by atoms with Crippen molar-refractivity contribution in [1.29, 1.82) is 0 Å². The molecule has 2 nitrogen and oxygen atoms in total. The van der Waals surface area contributed by atoms with Crippen molar-refractivity contribution >= 4 is 64.9 Å². The zero-order valence-corrected chi connectivity index (χ0v) is 13.4. The Labute approximate surface area is 125 Å². The number of benzene rings is 2. The van der Waals surface area contributed by atoms with Gasteiger partial charge in [-0.15, -0.1) is 0 Å². The van der Waals surface area contributed by atoms with Gasteiger partial charge in [-0.1, -0.05) is 12.1 Å². The van der Waals surface area contributed by atoms with Gasteiger partial charge in [0.05, 0.1) is 17.1 Å². The Morgan fingerprint density at radius 1 is 0.765 bits per heavy atom. The Morgan fingerprint density at radius 2 is 1.24 bits per heavy atom. The number of para-hydroxylation sites is 2. The maximum absolute atomic E-state index is 5.95. The molecule has 0 radical (unpaired) electrons. The molecule has 0 spiro atoms. The maximum Gasteiger partial charge on any atom is 0.0762 e. The molecule has 0 saturated heterocycles. The number of nitrogens with two attached hydrogens (primary N) is 1. The van der Waals surface area contributed by atoms with Gasteiger partial charge in [-0.05, 0) is 72.1 Å². The number of rotatable bonds is 2. The summed E-state index contributed by atoms with van der Waals surface area (Å²) in [6.07, 6.45) is 0. The van der Waals surface area contributed by atoms with Crippen LogP contribution >= 0.6 is 47.8 Å². The first-order valence-electron chi connectivity index (χ1n) is 4.84. The molecule has 0 saturated carbocycles. The molecule has 2 aromatic rings. The largest absolute Gasteiger partial charge is 0.397 e. The van der Waals surface area contributed by atoms with Crippen molar-refractivity contribution in [2.45, 2.75) is 0 Å². The van der Waals surface area contributed by atoms with Gasteiger partial charge in [-0.25, -0.2) is 0 Å². The smallest absolute Gasteiger partial charge is 0.0762 e. The summed E-state index contributed by atoms with van der Waals surface area (Å²) in [5.41, 5.74) is 8.45. The predicted molar refractivity (Wildman–Crippen MR) is 83.7 cm³/mol. The van der Waals surface area contributed by atoms with E-state index in [0.29, 0.717) is 5.69 Å². The molecule has 0 fully saturated rings. The second-order valence-electron chi connectivity index (χ2n) is 3.43.